The van der Waals surface area contributed by atoms with E-state index in [1.54, 1.807) is 0 Å². The van der Waals surface area contributed by atoms with Gasteiger partial charge in [0.2, 0.25) is 5.79 Å². The number of ether oxygens (including phenoxy) is 6. The van der Waals surface area contributed by atoms with Gasteiger partial charge in [-0.05, 0) is 70.8 Å². The fourth-order valence-corrected chi connectivity index (χ4v) is 5.52. The van der Waals surface area contributed by atoms with E-state index in [0.717, 1.165) is 48.5 Å². The fraction of sp³-hybridized carbons (Fsp3) is 0.351. The zero-order valence-corrected chi connectivity index (χ0v) is 27.9. The quantitative estimate of drug-likeness (QED) is 0.0961. The predicted molar refractivity (Wildman–Crippen MR) is 169 cm³/mol. The van der Waals surface area contributed by atoms with Crippen LogP contribution in [0.2, 0.25) is 0 Å². The molecule has 290 valence electrons. The van der Waals surface area contributed by atoms with Gasteiger partial charge in [0.15, 0.2) is 46.3 Å². The second kappa shape index (κ2) is 15.2. The number of halogens is 10. The summed E-state index contributed by atoms with van der Waals surface area (Å²) >= 11 is 0. The molecule has 0 aliphatic carbocycles. The molecule has 0 spiro atoms. The van der Waals surface area contributed by atoms with Gasteiger partial charge in [0.05, 0.1) is 6.61 Å². The molecule has 54 heavy (non-hydrogen) atoms. The average molecular weight is 777 g/mol. The molecule has 0 bridgehead atoms. The number of rotatable bonds is 15. The summed E-state index contributed by atoms with van der Waals surface area (Å²) in [6.45, 7) is 0.763. The Labute approximate surface area is 300 Å². The molecular weight excluding hydrogens is 746 g/mol. The Hall–Kier alpha value is -4.74. The molecule has 0 aromatic heterocycles. The number of aliphatic hydroxyl groups is 1. The van der Waals surface area contributed by atoms with Crippen LogP contribution in [0.25, 0.3) is 0 Å². The normalized spacial score (nSPS) is 19.8. The van der Waals surface area contributed by atoms with Crippen LogP contribution in [0, 0.1) is 23.3 Å². The largest absolute Gasteiger partial charge is 0.488 e. The predicted octanol–water partition coefficient (Wildman–Crippen LogP) is 8.35. The minimum atomic E-state index is -4.96. The molecule has 17 heteroatoms. The molecular formula is C37H30F10O7. The lowest BCUT2D eigenvalue weighted by Crippen LogP contribution is -2.26. The van der Waals surface area contributed by atoms with Crippen molar-refractivity contribution in [3.05, 3.63) is 118 Å². The molecule has 4 aromatic rings. The number of hydrogen-bond donors (Lipinski definition) is 1. The third-order valence-corrected chi connectivity index (χ3v) is 8.38. The van der Waals surface area contributed by atoms with E-state index in [1.165, 1.54) is 6.92 Å². The van der Waals surface area contributed by atoms with Crippen LogP contribution in [-0.4, -0.2) is 68.5 Å². The smallest absolute Gasteiger partial charge is 0.399 e. The van der Waals surface area contributed by atoms with E-state index in [4.69, 9.17) is 28.4 Å². The van der Waals surface area contributed by atoms with Gasteiger partial charge in [-0.25, -0.2) is 17.6 Å². The van der Waals surface area contributed by atoms with E-state index in [9.17, 15) is 49.0 Å². The van der Waals surface area contributed by atoms with Crippen LogP contribution in [0.4, 0.5) is 43.9 Å². The summed E-state index contributed by atoms with van der Waals surface area (Å²) in [4.78, 5) is 0. The van der Waals surface area contributed by atoms with Crippen LogP contribution >= 0.6 is 0 Å². The lowest BCUT2D eigenvalue weighted by atomic mass is 9.90. The molecule has 5 unspecified atom stereocenters. The number of aliphatic hydroxyl groups excluding tert-OH is 1. The Morgan fingerprint density at radius 3 is 1.31 bits per heavy atom. The van der Waals surface area contributed by atoms with Crippen molar-refractivity contribution in [2.75, 3.05) is 33.0 Å². The van der Waals surface area contributed by atoms with Gasteiger partial charge in [-0.2, -0.15) is 26.3 Å². The van der Waals surface area contributed by atoms with Crippen LogP contribution in [0.5, 0.6) is 23.0 Å². The maximum absolute atomic E-state index is 14.9. The molecule has 2 aliphatic heterocycles. The Balaban J connectivity index is 1.07. The topological polar surface area (TPSA) is 82.2 Å². The second-order valence-electron chi connectivity index (χ2n) is 12.8. The van der Waals surface area contributed by atoms with E-state index in [1.807, 2.05) is 0 Å². The Kier molecular flexibility index (Phi) is 11.0. The first-order valence-electron chi connectivity index (χ1n) is 16.2. The van der Waals surface area contributed by atoms with Gasteiger partial charge < -0.3 is 33.5 Å². The van der Waals surface area contributed by atoms with Gasteiger partial charge in [-0.15, -0.1) is 0 Å². The highest BCUT2D eigenvalue weighted by molar-refractivity contribution is 5.42. The van der Waals surface area contributed by atoms with E-state index in [0.29, 0.717) is 30.9 Å². The van der Waals surface area contributed by atoms with Gasteiger partial charge in [-0.1, -0.05) is 24.3 Å². The maximum atomic E-state index is 14.9. The molecule has 6 rings (SSSR count). The fourth-order valence-electron chi connectivity index (χ4n) is 5.52. The molecule has 0 radical (unpaired) electrons. The monoisotopic (exact) mass is 776 g/mol. The summed E-state index contributed by atoms with van der Waals surface area (Å²) in [5.74, 6) is -12.3. The number of hydrogen-bond acceptors (Lipinski definition) is 7. The lowest BCUT2D eigenvalue weighted by molar-refractivity contribution is -0.142. The van der Waals surface area contributed by atoms with E-state index >= 15 is 0 Å². The standard InChI is InChI=1S/C37H30F10O7/c1-35(18-53-35)54-32-9-5-22(13-28(32)41)34(37(45,46)47)20-3-7-30(26(39)11-20)51-15-23(48)14-50-29-6-2-19(10-25(29)38)33(36(42,43)44)21-4-8-31(27(40)12-21)52-17-24-16-49-24/h2-13,23-24,33-34,48H,14-18H2,1H3. The van der Waals surface area contributed by atoms with Crippen LogP contribution < -0.4 is 18.9 Å². The molecule has 0 saturated carbocycles. The summed E-state index contributed by atoms with van der Waals surface area (Å²) in [5, 5.41) is 10.3. The Morgan fingerprint density at radius 2 is 1.00 bits per heavy atom. The molecule has 4 aromatic carbocycles. The molecule has 2 heterocycles. The van der Waals surface area contributed by atoms with E-state index in [-0.39, 0.29) is 30.8 Å². The van der Waals surface area contributed by atoms with E-state index in [2.05, 4.69) is 0 Å². The summed E-state index contributed by atoms with van der Waals surface area (Å²) in [5.41, 5.74) is -2.20. The first kappa shape index (κ1) is 39.0. The average Bonchev–Trinajstić information content (AvgIpc) is 4.02. The molecule has 2 aliphatic rings. The van der Waals surface area contributed by atoms with Gasteiger partial charge in [0.1, 0.15) is 50.5 Å². The summed E-state index contributed by atoms with van der Waals surface area (Å²) < 4.78 is 175. The van der Waals surface area contributed by atoms with Gasteiger partial charge in [0, 0.05) is 6.92 Å². The van der Waals surface area contributed by atoms with Crippen LogP contribution in [-0.2, 0) is 9.47 Å². The lowest BCUT2D eigenvalue weighted by Gasteiger charge is -2.23. The maximum Gasteiger partial charge on any atom is 0.399 e. The zero-order valence-electron chi connectivity index (χ0n) is 27.9. The van der Waals surface area contributed by atoms with Crippen LogP contribution in [0.1, 0.15) is 41.0 Å². The van der Waals surface area contributed by atoms with Gasteiger partial charge in [0.25, 0.3) is 0 Å². The molecule has 2 fully saturated rings. The van der Waals surface area contributed by atoms with Crippen molar-refractivity contribution in [3.8, 4) is 23.0 Å². The van der Waals surface area contributed by atoms with Crippen molar-refractivity contribution in [3.63, 3.8) is 0 Å². The minimum absolute atomic E-state index is 0.0240. The number of alkyl halides is 6. The number of epoxide rings is 2. The Bertz CT molecular complexity index is 1960. The third-order valence-electron chi connectivity index (χ3n) is 8.38. The molecule has 1 N–H and O–H groups in total. The van der Waals surface area contributed by atoms with Crippen molar-refractivity contribution < 1.29 is 77.4 Å². The second-order valence-corrected chi connectivity index (χ2v) is 12.8. The summed E-state index contributed by atoms with van der Waals surface area (Å²) in [6.07, 6.45) is -11.7. The van der Waals surface area contributed by atoms with Crippen molar-refractivity contribution in [1.82, 2.24) is 0 Å². The van der Waals surface area contributed by atoms with Crippen molar-refractivity contribution in [1.29, 1.82) is 0 Å². The van der Waals surface area contributed by atoms with Gasteiger partial charge >= 0.3 is 12.4 Å². The highest BCUT2D eigenvalue weighted by Gasteiger charge is 2.45. The van der Waals surface area contributed by atoms with Gasteiger partial charge in [-0.3, -0.25) is 0 Å². The van der Waals surface area contributed by atoms with Crippen molar-refractivity contribution >= 4 is 0 Å². The highest BCUT2D eigenvalue weighted by atomic mass is 19.4. The van der Waals surface area contributed by atoms with Crippen molar-refractivity contribution in [2.24, 2.45) is 0 Å². The Morgan fingerprint density at radius 1 is 0.648 bits per heavy atom. The highest BCUT2D eigenvalue weighted by Crippen LogP contribution is 2.44. The molecule has 7 nitrogen and oxygen atoms in total. The zero-order chi connectivity index (χ0) is 39.0. The first-order valence-corrected chi connectivity index (χ1v) is 16.2. The SMILES string of the molecule is CC1(Oc2ccc(C(c3ccc(OCC(O)COc4ccc(C(c5ccc(OCC6CO6)c(F)c5)C(F)(F)F)cc4F)c(F)c3)C(F)(F)F)cc2F)CO1. The first-order chi connectivity index (χ1) is 25.4. The van der Waals surface area contributed by atoms with Crippen molar-refractivity contribution in [2.45, 2.75) is 49.1 Å². The minimum Gasteiger partial charge on any atom is -0.488 e. The van der Waals surface area contributed by atoms with E-state index < -0.39 is 106 Å². The third kappa shape index (κ3) is 9.49. The summed E-state index contributed by atoms with van der Waals surface area (Å²) in [6, 6.07) is 10.0. The molecule has 0 amide bonds. The molecule has 2 saturated heterocycles. The van der Waals surface area contributed by atoms with Crippen LogP contribution in [0.3, 0.4) is 0 Å². The molecule has 5 atom stereocenters. The summed E-state index contributed by atoms with van der Waals surface area (Å²) in [7, 11) is 0. The van der Waals surface area contributed by atoms with Crippen LogP contribution in [0.15, 0.2) is 72.8 Å². The number of benzene rings is 4.